The van der Waals surface area contributed by atoms with Crippen LogP contribution in [0.2, 0.25) is 0 Å². The summed E-state index contributed by atoms with van der Waals surface area (Å²) in [4.78, 5) is 0. The van der Waals surface area contributed by atoms with Gasteiger partial charge in [0, 0.05) is 0 Å². The van der Waals surface area contributed by atoms with Gasteiger partial charge in [-0.05, 0) is 61.3 Å². The van der Waals surface area contributed by atoms with E-state index >= 15 is 0 Å². The highest BCUT2D eigenvalue weighted by molar-refractivity contribution is 5.38. The van der Waals surface area contributed by atoms with Crippen LogP contribution >= 0.6 is 0 Å². The van der Waals surface area contributed by atoms with Crippen molar-refractivity contribution in [2.24, 2.45) is 0 Å². The summed E-state index contributed by atoms with van der Waals surface area (Å²) in [7, 11) is 0. The SMILES string of the molecule is Cc1cc(C)c(CCC(C)(C)c2ccccc2)c(C)c1. The van der Waals surface area contributed by atoms with Crippen LogP contribution in [0.15, 0.2) is 42.5 Å². The molecule has 0 spiro atoms. The van der Waals surface area contributed by atoms with Crippen molar-refractivity contribution in [3.05, 3.63) is 70.3 Å². The summed E-state index contributed by atoms with van der Waals surface area (Å²) in [6.45, 7) is 11.4. The molecule has 0 heterocycles. The van der Waals surface area contributed by atoms with Crippen molar-refractivity contribution in [1.29, 1.82) is 0 Å². The van der Waals surface area contributed by atoms with Crippen molar-refractivity contribution in [1.82, 2.24) is 0 Å². The van der Waals surface area contributed by atoms with Gasteiger partial charge in [-0.1, -0.05) is 61.9 Å². The Balaban J connectivity index is 2.17. The zero-order valence-electron chi connectivity index (χ0n) is 13.5. The molecule has 0 amide bonds. The summed E-state index contributed by atoms with van der Waals surface area (Å²) in [6, 6.07) is 15.5. The molecule has 0 aliphatic carbocycles. The molecular formula is C20H26. The minimum atomic E-state index is 0.227. The van der Waals surface area contributed by atoms with Gasteiger partial charge in [-0.3, -0.25) is 0 Å². The van der Waals surface area contributed by atoms with Crippen LogP contribution in [0.5, 0.6) is 0 Å². The summed E-state index contributed by atoms with van der Waals surface area (Å²) >= 11 is 0. The van der Waals surface area contributed by atoms with Crippen molar-refractivity contribution in [2.75, 3.05) is 0 Å². The van der Waals surface area contributed by atoms with Crippen LogP contribution < -0.4 is 0 Å². The maximum atomic E-state index is 2.35. The molecule has 0 radical (unpaired) electrons. The molecule has 2 rings (SSSR count). The van der Waals surface area contributed by atoms with E-state index < -0.39 is 0 Å². The number of benzene rings is 2. The zero-order valence-corrected chi connectivity index (χ0v) is 13.5. The van der Waals surface area contributed by atoms with E-state index in [0.717, 1.165) is 6.42 Å². The average molecular weight is 266 g/mol. The molecule has 2 aromatic carbocycles. The molecule has 2 aromatic rings. The fourth-order valence-corrected chi connectivity index (χ4v) is 3.08. The van der Waals surface area contributed by atoms with Crippen molar-refractivity contribution in [3.8, 4) is 0 Å². The summed E-state index contributed by atoms with van der Waals surface area (Å²) in [5, 5.41) is 0. The van der Waals surface area contributed by atoms with Gasteiger partial charge >= 0.3 is 0 Å². The summed E-state index contributed by atoms with van der Waals surface area (Å²) in [5.74, 6) is 0. The first kappa shape index (κ1) is 14.8. The second kappa shape index (κ2) is 5.83. The number of rotatable bonds is 4. The van der Waals surface area contributed by atoms with Crippen LogP contribution in [0, 0.1) is 20.8 Å². The van der Waals surface area contributed by atoms with Crippen LogP contribution in [0.3, 0.4) is 0 Å². The lowest BCUT2D eigenvalue weighted by Crippen LogP contribution is -2.18. The van der Waals surface area contributed by atoms with Crippen molar-refractivity contribution < 1.29 is 0 Å². The van der Waals surface area contributed by atoms with Crippen molar-refractivity contribution >= 4 is 0 Å². The molecule has 106 valence electrons. The smallest absolute Gasteiger partial charge is 0.0100 e. The Morgan fingerprint density at radius 2 is 1.40 bits per heavy atom. The Hall–Kier alpha value is -1.56. The molecule has 0 nitrogen and oxygen atoms in total. The van der Waals surface area contributed by atoms with Crippen molar-refractivity contribution in [3.63, 3.8) is 0 Å². The average Bonchev–Trinajstić information content (AvgIpc) is 2.38. The molecule has 0 aliphatic heterocycles. The van der Waals surface area contributed by atoms with Crippen molar-refractivity contribution in [2.45, 2.75) is 52.9 Å². The summed E-state index contributed by atoms with van der Waals surface area (Å²) in [5.41, 5.74) is 7.43. The predicted molar refractivity (Wildman–Crippen MR) is 88.4 cm³/mol. The van der Waals surface area contributed by atoms with Gasteiger partial charge in [0.05, 0.1) is 0 Å². The molecule has 20 heavy (non-hydrogen) atoms. The van der Waals surface area contributed by atoms with Gasteiger partial charge in [-0.15, -0.1) is 0 Å². The third-order valence-electron chi connectivity index (χ3n) is 4.40. The summed E-state index contributed by atoms with van der Waals surface area (Å²) < 4.78 is 0. The summed E-state index contributed by atoms with van der Waals surface area (Å²) in [6.07, 6.45) is 2.33. The highest BCUT2D eigenvalue weighted by atomic mass is 14.2. The lowest BCUT2D eigenvalue weighted by molar-refractivity contribution is 0.479. The maximum absolute atomic E-state index is 2.35. The van der Waals surface area contributed by atoms with E-state index in [1.807, 2.05) is 0 Å². The first-order valence-electron chi connectivity index (χ1n) is 7.52. The highest BCUT2D eigenvalue weighted by Gasteiger charge is 2.20. The van der Waals surface area contributed by atoms with Gasteiger partial charge in [0.25, 0.3) is 0 Å². The Bertz CT molecular complexity index is 553. The maximum Gasteiger partial charge on any atom is -0.0100 e. The third-order valence-corrected chi connectivity index (χ3v) is 4.40. The predicted octanol–water partition coefficient (Wildman–Crippen LogP) is 5.52. The topological polar surface area (TPSA) is 0 Å². The van der Waals surface area contributed by atoms with E-state index in [2.05, 4.69) is 77.1 Å². The first-order chi connectivity index (χ1) is 9.40. The quantitative estimate of drug-likeness (QED) is 0.683. The van der Waals surface area contributed by atoms with Gasteiger partial charge in [-0.2, -0.15) is 0 Å². The molecule has 0 unspecified atom stereocenters. The molecule has 0 bridgehead atoms. The molecule has 0 fully saturated rings. The van der Waals surface area contributed by atoms with E-state index in [4.69, 9.17) is 0 Å². The normalized spacial score (nSPS) is 11.7. The lowest BCUT2D eigenvalue weighted by atomic mass is 9.79. The molecule has 0 aliphatic rings. The fourth-order valence-electron chi connectivity index (χ4n) is 3.08. The molecule has 0 saturated carbocycles. The second-order valence-corrected chi connectivity index (χ2v) is 6.63. The minimum absolute atomic E-state index is 0.227. The lowest BCUT2D eigenvalue weighted by Gasteiger charge is -2.26. The second-order valence-electron chi connectivity index (χ2n) is 6.63. The third kappa shape index (κ3) is 3.30. The van der Waals surface area contributed by atoms with Crippen LogP contribution in [0.25, 0.3) is 0 Å². The number of hydrogen-bond acceptors (Lipinski definition) is 0. The molecular weight excluding hydrogens is 240 g/mol. The Kier molecular flexibility index (Phi) is 4.32. The van der Waals surface area contributed by atoms with Gasteiger partial charge < -0.3 is 0 Å². The number of aryl methyl sites for hydroxylation is 3. The van der Waals surface area contributed by atoms with Crippen LogP contribution in [-0.2, 0) is 11.8 Å². The molecule has 0 aromatic heterocycles. The molecule has 0 heteroatoms. The van der Waals surface area contributed by atoms with Gasteiger partial charge in [0.2, 0.25) is 0 Å². The molecule has 0 N–H and O–H groups in total. The first-order valence-corrected chi connectivity index (χ1v) is 7.52. The largest absolute Gasteiger partial charge is 0.0622 e. The Morgan fingerprint density at radius 3 is 1.95 bits per heavy atom. The van der Waals surface area contributed by atoms with E-state index in [1.165, 1.54) is 34.2 Å². The van der Waals surface area contributed by atoms with Crippen LogP contribution in [-0.4, -0.2) is 0 Å². The molecule has 0 saturated heterocycles. The van der Waals surface area contributed by atoms with E-state index in [0.29, 0.717) is 0 Å². The van der Waals surface area contributed by atoms with E-state index in [1.54, 1.807) is 0 Å². The van der Waals surface area contributed by atoms with E-state index in [9.17, 15) is 0 Å². The van der Waals surface area contributed by atoms with Gasteiger partial charge in [-0.25, -0.2) is 0 Å². The van der Waals surface area contributed by atoms with Crippen LogP contribution in [0.1, 0.15) is 48.1 Å². The molecule has 0 atom stereocenters. The zero-order chi connectivity index (χ0) is 14.8. The Labute approximate surface area is 123 Å². The standard InChI is InChI=1S/C20H26/c1-15-13-16(2)19(17(3)14-15)11-12-20(4,5)18-9-7-6-8-10-18/h6-10,13-14H,11-12H2,1-5H3. The van der Waals surface area contributed by atoms with E-state index in [-0.39, 0.29) is 5.41 Å². The van der Waals surface area contributed by atoms with Crippen LogP contribution in [0.4, 0.5) is 0 Å². The fraction of sp³-hybridized carbons (Fsp3) is 0.400. The highest BCUT2D eigenvalue weighted by Crippen LogP contribution is 2.30. The Morgan fingerprint density at radius 1 is 0.850 bits per heavy atom. The number of hydrogen-bond donors (Lipinski definition) is 0. The van der Waals surface area contributed by atoms with Gasteiger partial charge in [0.1, 0.15) is 0 Å². The van der Waals surface area contributed by atoms with Gasteiger partial charge in [0.15, 0.2) is 0 Å². The minimum Gasteiger partial charge on any atom is -0.0622 e. The monoisotopic (exact) mass is 266 g/mol.